The fraction of sp³-hybridized carbons (Fsp3) is 0.357. The first-order valence-electron chi connectivity index (χ1n) is 11.4. The third-order valence-electron chi connectivity index (χ3n) is 4.51. The molecule has 0 aliphatic carbocycles. The molecule has 166 valence electrons. The van der Waals surface area contributed by atoms with Gasteiger partial charge in [0, 0.05) is 11.8 Å². The highest BCUT2D eigenvalue weighted by molar-refractivity contribution is 5.89. The standard InChI is InChI=1S/C28H37NO2/c1-3-4-5-6-7-8-9-10-11-12-13-14-15-16-17-18-19-20-22-26(2)28(30)31-27-23-21-24-29-25-27/h11-25H,3-10H2,1-2H3. The average molecular weight is 420 g/mol. The second-order valence-electron chi connectivity index (χ2n) is 7.31. The molecule has 0 amide bonds. The van der Waals surface area contributed by atoms with Crippen molar-refractivity contribution in [3.63, 3.8) is 0 Å². The predicted molar refractivity (Wildman–Crippen MR) is 132 cm³/mol. The van der Waals surface area contributed by atoms with Gasteiger partial charge in [0.25, 0.3) is 0 Å². The summed E-state index contributed by atoms with van der Waals surface area (Å²) < 4.78 is 5.22. The Labute approximate surface area is 188 Å². The first-order chi connectivity index (χ1) is 15.2. The minimum absolute atomic E-state index is 0.383. The molecule has 0 aromatic carbocycles. The van der Waals surface area contributed by atoms with Crippen molar-refractivity contribution in [1.29, 1.82) is 0 Å². The molecule has 1 rings (SSSR count). The molecule has 1 aromatic heterocycles. The maximum atomic E-state index is 11.9. The van der Waals surface area contributed by atoms with Gasteiger partial charge in [-0.1, -0.05) is 112 Å². The topological polar surface area (TPSA) is 39.2 Å². The van der Waals surface area contributed by atoms with Crippen LogP contribution >= 0.6 is 0 Å². The van der Waals surface area contributed by atoms with Crippen molar-refractivity contribution in [3.8, 4) is 5.75 Å². The van der Waals surface area contributed by atoms with Gasteiger partial charge in [-0.2, -0.15) is 0 Å². The Balaban J connectivity index is 2.14. The summed E-state index contributed by atoms with van der Waals surface area (Å²) >= 11 is 0. The van der Waals surface area contributed by atoms with Crippen molar-refractivity contribution >= 4 is 5.97 Å². The van der Waals surface area contributed by atoms with E-state index in [4.69, 9.17) is 4.74 Å². The summed E-state index contributed by atoms with van der Waals surface area (Å²) in [7, 11) is 0. The lowest BCUT2D eigenvalue weighted by molar-refractivity contribution is -0.130. The number of carbonyl (C=O) groups excluding carboxylic acids is 1. The van der Waals surface area contributed by atoms with Gasteiger partial charge in [0.1, 0.15) is 5.75 Å². The number of allylic oxidation sites excluding steroid dienone is 11. The first kappa shape index (κ1) is 26.1. The van der Waals surface area contributed by atoms with Crippen molar-refractivity contribution in [2.75, 3.05) is 0 Å². The molecule has 0 saturated carbocycles. The number of hydrogen-bond donors (Lipinski definition) is 0. The van der Waals surface area contributed by atoms with E-state index in [2.05, 4.69) is 30.1 Å². The van der Waals surface area contributed by atoms with Crippen LogP contribution in [0, 0.1) is 0 Å². The predicted octanol–water partition coefficient (Wildman–Crippen LogP) is 7.86. The van der Waals surface area contributed by atoms with Crippen LogP contribution in [0.5, 0.6) is 5.75 Å². The van der Waals surface area contributed by atoms with Gasteiger partial charge >= 0.3 is 5.97 Å². The van der Waals surface area contributed by atoms with Gasteiger partial charge in [-0.25, -0.2) is 4.79 Å². The lowest BCUT2D eigenvalue weighted by Gasteiger charge is -2.02. The van der Waals surface area contributed by atoms with Gasteiger partial charge in [-0.3, -0.25) is 4.98 Å². The van der Waals surface area contributed by atoms with Crippen LogP contribution in [0.4, 0.5) is 0 Å². The maximum absolute atomic E-state index is 11.9. The zero-order valence-electron chi connectivity index (χ0n) is 19.1. The van der Waals surface area contributed by atoms with Gasteiger partial charge in [0.2, 0.25) is 0 Å². The molecule has 0 N–H and O–H groups in total. The smallest absolute Gasteiger partial charge is 0.339 e. The Bertz CT molecular complexity index is 767. The Morgan fingerprint density at radius 3 is 2.13 bits per heavy atom. The van der Waals surface area contributed by atoms with E-state index in [0.29, 0.717) is 11.3 Å². The van der Waals surface area contributed by atoms with Crippen LogP contribution < -0.4 is 4.74 Å². The third-order valence-corrected chi connectivity index (χ3v) is 4.51. The highest BCUT2D eigenvalue weighted by Crippen LogP contribution is 2.09. The van der Waals surface area contributed by atoms with Crippen molar-refractivity contribution in [2.24, 2.45) is 0 Å². The Morgan fingerprint density at radius 1 is 0.871 bits per heavy atom. The number of aromatic nitrogens is 1. The van der Waals surface area contributed by atoms with Crippen LogP contribution in [0.2, 0.25) is 0 Å². The molecule has 1 aromatic rings. The molecular weight excluding hydrogens is 382 g/mol. The summed E-state index contributed by atoms with van der Waals surface area (Å²) in [5, 5.41) is 0. The molecule has 0 aliphatic heterocycles. The van der Waals surface area contributed by atoms with E-state index in [1.54, 1.807) is 31.3 Å². The lowest BCUT2D eigenvalue weighted by atomic mass is 10.1. The van der Waals surface area contributed by atoms with Gasteiger partial charge < -0.3 is 4.74 Å². The first-order valence-corrected chi connectivity index (χ1v) is 11.4. The van der Waals surface area contributed by atoms with E-state index in [0.717, 1.165) is 6.42 Å². The minimum atomic E-state index is -0.383. The van der Waals surface area contributed by atoms with Gasteiger partial charge in [0.15, 0.2) is 0 Å². The molecule has 3 nitrogen and oxygen atoms in total. The van der Waals surface area contributed by atoms with Crippen LogP contribution in [0.1, 0.15) is 65.2 Å². The Morgan fingerprint density at radius 2 is 1.48 bits per heavy atom. The van der Waals surface area contributed by atoms with Crippen LogP contribution in [-0.4, -0.2) is 11.0 Å². The van der Waals surface area contributed by atoms with Gasteiger partial charge in [-0.15, -0.1) is 0 Å². The highest BCUT2D eigenvalue weighted by atomic mass is 16.5. The second-order valence-corrected chi connectivity index (χ2v) is 7.31. The summed E-state index contributed by atoms with van der Waals surface area (Å²) in [5.41, 5.74) is 0.523. The molecule has 3 heteroatoms. The van der Waals surface area contributed by atoms with Crippen LogP contribution in [0.3, 0.4) is 0 Å². The zero-order chi connectivity index (χ0) is 22.4. The second kappa shape index (κ2) is 19.0. The molecule has 0 atom stereocenters. The van der Waals surface area contributed by atoms with Crippen molar-refractivity contribution in [1.82, 2.24) is 4.98 Å². The average Bonchev–Trinajstić information content (AvgIpc) is 2.78. The van der Waals surface area contributed by atoms with Crippen LogP contribution in [0.15, 0.2) is 96.9 Å². The largest absolute Gasteiger partial charge is 0.422 e. The zero-order valence-corrected chi connectivity index (χ0v) is 19.1. The molecule has 0 spiro atoms. The van der Waals surface area contributed by atoms with Crippen LogP contribution in [-0.2, 0) is 4.79 Å². The summed E-state index contributed by atoms with van der Waals surface area (Å²) in [6.07, 6.45) is 35.5. The number of pyridine rings is 1. The molecule has 0 unspecified atom stereocenters. The number of carbonyl (C=O) groups is 1. The maximum Gasteiger partial charge on any atom is 0.339 e. The Hall–Kier alpha value is -2.94. The van der Waals surface area contributed by atoms with Crippen molar-refractivity contribution in [2.45, 2.75) is 65.2 Å². The number of hydrogen-bond acceptors (Lipinski definition) is 3. The molecule has 1 heterocycles. The number of esters is 1. The van der Waals surface area contributed by atoms with E-state index >= 15 is 0 Å². The fourth-order valence-corrected chi connectivity index (χ4v) is 2.71. The molecular formula is C28H37NO2. The SMILES string of the molecule is CCCCCCCCCC=CC=CC=CC=CC=CC=C(C)C(=O)Oc1cccnc1. The third kappa shape index (κ3) is 15.5. The molecule has 0 saturated heterocycles. The number of ether oxygens (including phenoxy) is 1. The quantitative estimate of drug-likeness (QED) is 0.126. The fourth-order valence-electron chi connectivity index (χ4n) is 2.71. The molecule has 0 fully saturated rings. The van der Waals surface area contributed by atoms with Crippen molar-refractivity contribution < 1.29 is 9.53 Å². The van der Waals surface area contributed by atoms with E-state index in [-0.39, 0.29) is 5.97 Å². The Kier molecular flexibility index (Phi) is 16.0. The number of nitrogens with zero attached hydrogens (tertiary/aromatic N) is 1. The highest BCUT2D eigenvalue weighted by Gasteiger charge is 2.05. The van der Waals surface area contributed by atoms with Crippen LogP contribution in [0.25, 0.3) is 0 Å². The van der Waals surface area contributed by atoms with E-state index in [1.165, 1.54) is 51.1 Å². The normalized spacial score (nSPS) is 12.9. The van der Waals surface area contributed by atoms with Gasteiger partial charge in [0.05, 0.1) is 6.20 Å². The van der Waals surface area contributed by atoms with E-state index < -0.39 is 0 Å². The number of rotatable bonds is 15. The molecule has 0 radical (unpaired) electrons. The lowest BCUT2D eigenvalue weighted by Crippen LogP contribution is -2.08. The van der Waals surface area contributed by atoms with E-state index in [1.807, 2.05) is 42.5 Å². The van der Waals surface area contributed by atoms with Gasteiger partial charge in [-0.05, 0) is 31.9 Å². The molecule has 0 bridgehead atoms. The van der Waals surface area contributed by atoms with E-state index in [9.17, 15) is 4.79 Å². The van der Waals surface area contributed by atoms with Crippen molar-refractivity contribution in [3.05, 3.63) is 96.9 Å². The summed E-state index contributed by atoms with van der Waals surface area (Å²) in [6, 6.07) is 3.42. The minimum Gasteiger partial charge on any atom is -0.422 e. The summed E-state index contributed by atoms with van der Waals surface area (Å²) in [5.74, 6) is 0.0571. The molecule has 31 heavy (non-hydrogen) atoms. The monoisotopic (exact) mass is 419 g/mol. The summed E-state index contributed by atoms with van der Waals surface area (Å²) in [6.45, 7) is 3.98. The number of unbranched alkanes of at least 4 members (excludes halogenated alkanes) is 7. The molecule has 0 aliphatic rings. The summed E-state index contributed by atoms with van der Waals surface area (Å²) in [4.78, 5) is 15.8.